The Morgan fingerprint density at radius 2 is 1.82 bits per heavy atom. The molecule has 166 valence electrons. The van der Waals surface area contributed by atoms with Gasteiger partial charge < -0.3 is 10.2 Å². The second-order valence-corrected chi connectivity index (χ2v) is 8.94. The Morgan fingerprint density at radius 1 is 1.00 bits per heavy atom. The molecule has 5 rings (SSSR count). The number of carbonyl (C=O) groups is 1. The molecule has 1 N–H and O–H groups in total. The summed E-state index contributed by atoms with van der Waals surface area (Å²) in [6.45, 7) is 1.48. The highest BCUT2D eigenvalue weighted by molar-refractivity contribution is 9.10. The van der Waals surface area contributed by atoms with E-state index in [1.54, 1.807) is 6.20 Å². The molecule has 1 aliphatic rings. The molecule has 0 bridgehead atoms. The van der Waals surface area contributed by atoms with Gasteiger partial charge in [-0.15, -0.1) is 10.2 Å². The monoisotopic (exact) mass is 502 g/mol. The number of benzene rings is 2. The maximum atomic E-state index is 12.8. The highest BCUT2D eigenvalue weighted by Crippen LogP contribution is 2.25. The van der Waals surface area contributed by atoms with Crippen molar-refractivity contribution >= 4 is 33.3 Å². The van der Waals surface area contributed by atoms with E-state index < -0.39 is 0 Å². The molecule has 0 aliphatic carbocycles. The van der Waals surface area contributed by atoms with Gasteiger partial charge in [0.25, 0.3) is 0 Å². The van der Waals surface area contributed by atoms with Crippen LogP contribution in [0, 0.1) is 5.92 Å². The van der Waals surface area contributed by atoms with E-state index in [1.165, 1.54) is 0 Å². The molecule has 4 aromatic rings. The summed E-state index contributed by atoms with van der Waals surface area (Å²) in [4.78, 5) is 19.5. The van der Waals surface area contributed by atoms with Crippen molar-refractivity contribution in [3.05, 3.63) is 83.6 Å². The fraction of sp³-hybridized carbons (Fsp3) is 0.200. The third-order valence-corrected chi connectivity index (χ3v) is 6.26. The molecule has 1 aliphatic heterocycles. The number of anilines is 2. The average Bonchev–Trinajstić information content (AvgIpc) is 3.35. The number of amides is 1. The Balaban J connectivity index is 1.29. The molecule has 1 unspecified atom stereocenters. The van der Waals surface area contributed by atoms with E-state index >= 15 is 0 Å². The van der Waals surface area contributed by atoms with Crippen molar-refractivity contribution in [1.82, 2.24) is 19.7 Å². The Kier molecular flexibility index (Phi) is 6.17. The first-order valence-electron chi connectivity index (χ1n) is 10.9. The van der Waals surface area contributed by atoms with Crippen LogP contribution in [0.4, 0.5) is 11.5 Å². The minimum Gasteiger partial charge on any atom is -0.354 e. The third-order valence-electron chi connectivity index (χ3n) is 5.76. The van der Waals surface area contributed by atoms with E-state index in [9.17, 15) is 4.79 Å². The summed E-state index contributed by atoms with van der Waals surface area (Å²) in [5.41, 5.74) is 1.81. The molecule has 7 nitrogen and oxygen atoms in total. The molecule has 0 radical (unpaired) electrons. The van der Waals surface area contributed by atoms with Crippen LogP contribution < -0.4 is 10.2 Å². The van der Waals surface area contributed by atoms with Crippen LogP contribution in [0.15, 0.2) is 83.6 Å². The van der Waals surface area contributed by atoms with Crippen LogP contribution in [0.25, 0.3) is 17.2 Å². The summed E-state index contributed by atoms with van der Waals surface area (Å²) in [7, 11) is 0. The lowest BCUT2D eigenvalue weighted by Crippen LogP contribution is -2.41. The molecule has 2 aromatic heterocycles. The van der Waals surface area contributed by atoms with Gasteiger partial charge in [0, 0.05) is 41.2 Å². The predicted octanol–water partition coefficient (Wildman–Crippen LogP) is 4.95. The van der Waals surface area contributed by atoms with Gasteiger partial charge in [-0.1, -0.05) is 52.3 Å². The van der Waals surface area contributed by atoms with Crippen molar-refractivity contribution in [3.8, 4) is 17.2 Å². The van der Waals surface area contributed by atoms with Gasteiger partial charge in [0.2, 0.25) is 5.91 Å². The smallest absolute Gasteiger partial charge is 0.229 e. The maximum Gasteiger partial charge on any atom is 0.229 e. The molecule has 0 saturated carbocycles. The van der Waals surface area contributed by atoms with Crippen molar-refractivity contribution in [2.24, 2.45) is 5.92 Å². The summed E-state index contributed by atoms with van der Waals surface area (Å²) in [6, 6.07) is 21.6. The summed E-state index contributed by atoms with van der Waals surface area (Å²) < 4.78 is 2.87. The Labute approximate surface area is 200 Å². The number of hydrogen-bond donors (Lipinski definition) is 1. The average molecular weight is 503 g/mol. The Bertz CT molecular complexity index is 1240. The first-order chi connectivity index (χ1) is 16.2. The highest BCUT2D eigenvalue weighted by Gasteiger charge is 2.27. The van der Waals surface area contributed by atoms with Crippen LogP contribution in [0.5, 0.6) is 0 Å². The van der Waals surface area contributed by atoms with Crippen molar-refractivity contribution < 1.29 is 4.79 Å². The molecular formula is C25H23BrN6O. The largest absolute Gasteiger partial charge is 0.354 e. The van der Waals surface area contributed by atoms with Gasteiger partial charge in [-0.25, -0.2) is 4.98 Å². The SMILES string of the molecule is O=C(Nc1cccc(Br)c1)C1CCCN(c2ccc(-n3ccnc3-c3ccccc3)nn2)C1. The number of aromatic nitrogens is 4. The molecule has 33 heavy (non-hydrogen) atoms. The maximum absolute atomic E-state index is 12.8. The number of nitrogens with one attached hydrogen (secondary N) is 1. The fourth-order valence-corrected chi connectivity index (χ4v) is 4.51. The number of halogens is 1. The van der Waals surface area contributed by atoms with Crippen LogP contribution >= 0.6 is 15.9 Å². The van der Waals surface area contributed by atoms with Crippen LogP contribution in [-0.2, 0) is 4.79 Å². The molecule has 8 heteroatoms. The fourth-order valence-electron chi connectivity index (χ4n) is 4.11. The van der Waals surface area contributed by atoms with E-state index in [-0.39, 0.29) is 11.8 Å². The molecule has 2 aromatic carbocycles. The van der Waals surface area contributed by atoms with Gasteiger partial charge in [-0.2, -0.15) is 0 Å². The summed E-state index contributed by atoms with van der Waals surface area (Å²) >= 11 is 3.45. The van der Waals surface area contributed by atoms with Crippen molar-refractivity contribution in [1.29, 1.82) is 0 Å². The number of imidazole rings is 1. The van der Waals surface area contributed by atoms with Gasteiger partial charge in [0.1, 0.15) is 5.82 Å². The zero-order valence-electron chi connectivity index (χ0n) is 17.9. The molecule has 1 atom stereocenters. The van der Waals surface area contributed by atoms with E-state index in [4.69, 9.17) is 0 Å². The van der Waals surface area contributed by atoms with Crippen molar-refractivity contribution in [2.75, 3.05) is 23.3 Å². The molecule has 1 fully saturated rings. The topological polar surface area (TPSA) is 75.9 Å². The summed E-state index contributed by atoms with van der Waals surface area (Å²) in [5, 5.41) is 12.0. The van der Waals surface area contributed by atoms with Crippen molar-refractivity contribution in [2.45, 2.75) is 12.8 Å². The molecule has 1 amide bonds. The van der Waals surface area contributed by atoms with Gasteiger partial charge >= 0.3 is 0 Å². The number of rotatable bonds is 5. The molecule has 3 heterocycles. The number of carbonyl (C=O) groups excluding carboxylic acids is 1. The summed E-state index contributed by atoms with van der Waals surface area (Å²) in [5.74, 6) is 2.24. The quantitative estimate of drug-likeness (QED) is 0.417. The lowest BCUT2D eigenvalue weighted by molar-refractivity contribution is -0.120. The molecular weight excluding hydrogens is 480 g/mol. The van der Waals surface area contributed by atoms with Gasteiger partial charge in [0.05, 0.1) is 5.92 Å². The first kappa shape index (κ1) is 21.3. The summed E-state index contributed by atoms with van der Waals surface area (Å²) in [6.07, 6.45) is 5.43. The lowest BCUT2D eigenvalue weighted by Gasteiger charge is -2.32. The van der Waals surface area contributed by atoms with E-state index in [2.05, 4.69) is 41.3 Å². The normalized spacial score (nSPS) is 15.9. The third kappa shape index (κ3) is 4.80. The Morgan fingerprint density at radius 3 is 2.61 bits per heavy atom. The standard InChI is InChI=1S/C25H23BrN6O/c26-20-9-4-10-21(16-20)28-25(33)19-8-5-14-31(17-19)22-11-12-23(30-29-22)32-15-13-27-24(32)18-6-2-1-3-7-18/h1-4,6-7,9-13,15-16,19H,5,8,14,17H2,(H,28,33). The number of nitrogens with zero attached hydrogens (tertiary/aromatic N) is 5. The zero-order chi connectivity index (χ0) is 22.6. The minimum atomic E-state index is -0.0995. The second kappa shape index (κ2) is 9.54. The Hall–Kier alpha value is -3.52. The molecule has 0 spiro atoms. The number of hydrogen-bond acceptors (Lipinski definition) is 5. The second-order valence-electron chi connectivity index (χ2n) is 8.02. The van der Waals surface area contributed by atoms with Gasteiger partial charge in [-0.05, 0) is 43.2 Å². The van der Waals surface area contributed by atoms with Crippen LogP contribution in [0.1, 0.15) is 12.8 Å². The van der Waals surface area contributed by atoms with Crippen molar-refractivity contribution in [3.63, 3.8) is 0 Å². The van der Waals surface area contributed by atoms with Gasteiger partial charge in [-0.3, -0.25) is 9.36 Å². The molecule has 1 saturated heterocycles. The lowest BCUT2D eigenvalue weighted by atomic mass is 9.97. The van der Waals surface area contributed by atoms with E-state index in [1.807, 2.05) is 77.5 Å². The van der Waals surface area contributed by atoms with Crippen LogP contribution in [0.2, 0.25) is 0 Å². The number of piperidine rings is 1. The van der Waals surface area contributed by atoms with Gasteiger partial charge in [0.15, 0.2) is 11.6 Å². The predicted molar refractivity (Wildman–Crippen MR) is 132 cm³/mol. The van der Waals surface area contributed by atoms with Crippen LogP contribution in [-0.4, -0.2) is 38.7 Å². The minimum absolute atomic E-state index is 0.0355. The van der Waals surface area contributed by atoms with E-state index in [0.717, 1.165) is 46.8 Å². The zero-order valence-corrected chi connectivity index (χ0v) is 19.5. The highest BCUT2D eigenvalue weighted by atomic mass is 79.9. The van der Waals surface area contributed by atoms with Crippen LogP contribution in [0.3, 0.4) is 0 Å². The first-order valence-corrected chi connectivity index (χ1v) is 11.7. The van der Waals surface area contributed by atoms with E-state index in [0.29, 0.717) is 12.4 Å².